The molecule has 0 aliphatic carbocycles. The monoisotopic (exact) mass is 207 g/mol. The summed E-state index contributed by atoms with van der Waals surface area (Å²) in [4.78, 5) is 11.6. The van der Waals surface area contributed by atoms with Crippen LogP contribution in [0.5, 0.6) is 5.75 Å². The summed E-state index contributed by atoms with van der Waals surface area (Å²) in [6.45, 7) is 3.70. The first-order chi connectivity index (χ1) is 7.00. The quantitative estimate of drug-likeness (QED) is 0.383. The Morgan fingerprint density at radius 2 is 2.27 bits per heavy atom. The Morgan fingerprint density at radius 3 is 2.93 bits per heavy atom. The molecule has 0 fully saturated rings. The van der Waals surface area contributed by atoms with E-state index in [0.29, 0.717) is 6.42 Å². The van der Waals surface area contributed by atoms with Crippen LogP contribution in [0.15, 0.2) is 6.07 Å². The standard InChI is InChI=1S/C11H13NO3/c1-5-3-8(12)10(13)9-7(5)4-6(2)15-11(9)14/h3,6,13H,4,12H2,1-2H3/t6-/m1/s1. The number of anilines is 1. The van der Waals surface area contributed by atoms with Gasteiger partial charge in [-0.25, -0.2) is 4.79 Å². The van der Waals surface area contributed by atoms with Crippen molar-refractivity contribution in [1.82, 2.24) is 0 Å². The first-order valence-corrected chi connectivity index (χ1v) is 4.82. The zero-order chi connectivity index (χ0) is 11.2. The summed E-state index contributed by atoms with van der Waals surface area (Å²) >= 11 is 0. The number of aromatic hydroxyl groups is 1. The summed E-state index contributed by atoms with van der Waals surface area (Å²) in [6, 6.07) is 1.68. The molecule has 4 heteroatoms. The highest BCUT2D eigenvalue weighted by Crippen LogP contribution is 2.35. The third kappa shape index (κ3) is 1.42. The average Bonchev–Trinajstić information content (AvgIpc) is 2.13. The van der Waals surface area contributed by atoms with E-state index in [-0.39, 0.29) is 23.1 Å². The SMILES string of the molecule is Cc1cc(N)c(O)c2c1C[C@@H](C)OC2=O. The van der Waals surface area contributed by atoms with Crippen LogP contribution in [0.25, 0.3) is 0 Å². The molecule has 4 nitrogen and oxygen atoms in total. The van der Waals surface area contributed by atoms with Gasteiger partial charge in [0.2, 0.25) is 0 Å². The highest BCUT2D eigenvalue weighted by molar-refractivity contribution is 5.97. The average molecular weight is 207 g/mol. The lowest BCUT2D eigenvalue weighted by atomic mass is 9.93. The number of aryl methyl sites for hydroxylation is 1. The predicted molar refractivity (Wildman–Crippen MR) is 55.8 cm³/mol. The van der Waals surface area contributed by atoms with Crippen molar-refractivity contribution in [3.8, 4) is 5.75 Å². The van der Waals surface area contributed by atoms with Gasteiger partial charge in [-0.1, -0.05) is 0 Å². The van der Waals surface area contributed by atoms with Crippen molar-refractivity contribution in [2.45, 2.75) is 26.4 Å². The number of esters is 1. The first-order valence-electron chi connectivity index (χ1n) is 4.82. The third-order valence-electron chi connectivity index (χ3n) is 2.66. The lowest BCUT2D eigenvalue weighted by Gasteiger charge is -2.24. The van der Waals surface area contributed by atoms with Crippen LogP contribution >= 0.6 is 0 Å². The zero-order valence-corrected chi connectivity index (χ0v) is 8.70. The number of phenols is 1. The molecule has 1 aliphatic heterocycles. The number of nitrogen functional groups attached to an aromatic ring is 1. The van der Waals surface area contributed by atoms with Crippen LogP contribution in [0.2, 0.25) is 0 Å². The molecular formula is C11H13NO3. The summed E-state index contributed by atoms with van der Waals surface area (Å²) in [5.41, 5.74) is 7.79. The number of cyclic esters (lactones) is 1. The molecule has 15 heavy (non-hydrogen) atoms. The Kier molecular flexibility index (Phi) is 2.07. The van der Waals surface area contributed by atoms with Crippen molar-refractivity contribution >= 4 is 11.7 Å². The molecule has 0 saturated carbocycles. The van der Waals surface area contributed by atoms with Crippen LogP contribution in [0, 0.1) is 6.92 Å². The predicted octanol–water partition coefficient (Wildman–Crippen LogP) is 1.38. The summed E-state index contributed by atoms with van der Waals surface area (Å²) in [7, 11) is 0. The largest absolute Gasteiger partial charge is 0.505 e. The molecule has 1 aliphatic rings. The molecule has 1 aromatic rings. The smallest absolute Gasteiger partial charge is 0.342 e. The van der Waals surface area contributed by atoms with E-state index in [4.69, 9.17) is 10.5 Å². The number of phenolic OH excluding ortho intramolecular Hbond substituents is 1. The van der Waals surface area contributed by atoms with E-state index in [0.717, 1.165) is 11.1 Å². The van der Waals surface area contributed by atoms with Crippen molar-refractivity contribution < 1.29 is 14.6 Å². The van der Waals surface area contributed by atoms with Gasteiger partial charge in [-0.15, -0.1) is 0 Å². The molecule has 1 heterocycles. The number of hydrogen-bond acceptors (Lipinski definition) is 4. The second kappa shape index (κ2) is 3.15. The molecule has 2 rings (SSSR count). The lowest BCUT2D eigenvalue weighted by molar-refractivity contribution is 0.0296. The molecule has 1 atom stereocenters. The van der Waals surface area contributed by atoms with Gasteiger partial charge in [0.25, 0.3) is 0 Å². The maximum atomic E-state index is 11.6. The fourth-order valence-corrected chi connectivity index (χ4v) is 1.93. The van der Waals surface area contributed by atoms with Crippen LogP contribution in [-0.4, -0.2) is 17.2 Å². The van der Waals surface area contributed by atoms with Gasteiger partial charge in [-0.3, -0.25) is 0 Å². The molecular weight excluding hydrogens is 194 g/mol. The number of nitrogens with two attached hydrogens (primary N) is 1. The fraction of sp³-hybridized carbons (Fsp3) is 0.364. The number of carbonyl (C=O) groups is 1. The molecule has 0 bridgehead atoms. The number of hydrogen-bond donors (Lipinski definition) is 2. The summed E-state index contributed by atoms with van der Waals surface area (Å²) in [6.07, 6.45) is 0.479. The lowest BCUT2D eigenvalue weighted by Crippen LogP contribution is -2.26. The molecule has 0 amide bonds. The molecule has 0 saturated heterocycles. The van der Waals surface area contributed by atoms with Crippen LogP contribution in [0.3, 0.4) is 0 Å². The Bertz CT molecular complexity index is 440. The van der Waals surface area contributed by atoms with Gasteiger partial charge in [0.1, 0.15) is 11.7 Å². The van der Waals surface area contributed by atoms with E-state index >= 15 is 0 Å². The Balaban J connectivity index is 2.69. The van der Waals surface area contributed by atoms with E-state index in [9.17, 15) is 9.90 Å². The Hall–Kier alpha value is -1.71. The summed E-state index contributed by atoms with van der Waals surface area (Å²) in [5, 5.41) is 9.70. The second-order valence-corrected chi connectivity index (χ2v) is 3.90. The van der Waals surface area contributed by atoms with Gasteiger partial charge in [-0.05, 0) is 31.0 Å². The minimum Gasteiger partial charge on any atom is -0.505 e. The van der Waals surface area contributed by atoms with Crippen molar-refractivity contribution in [2.75, 3.05) is 5.73 Å². The number of fused-ring (bicyclic) bond motifs is 1. The van der Waals surface area contributed by atoms with Crippen LogP contribution < -0.4 is 5.73 Å². The molecule has 0 radical (unpaired) electrons. The molecule has 0 aromatic heterocycles. The van der Waals surface area contributed by atoms with Crippen molar-refractivity contribution in [3.05, 3.63) is 22.8 Å². The van der Waals surface area contributed by atoms with Crippen molar-refractivity contribution in [2.24, 2.45) is 0 Å². The Morgan fingerprint density at radius 1 is 1.60 bits per heavy atom. The Labute approximate surface area is 87.7 Å². The molecule has 80 valence electrons. The minimum atomic E-state index is -0.489. The summed E-state index contributed by atoms with van der Waals surface area (Å²) < 4.78 is 5.05. The zero-order valence-electron chi connectivity index (χ0n) is 8.70. The van der Waals surface area contributed by atoms with Gasteiger partial charge in [0.15, 0.2) is 5.75 Å². The normalized spacial score (nSPS) is 19.6. The molecule has 3 N–H and O–H groups in total. The molecule has 1 aromatic carbocycles. The van der Waals surface area contributed by atoms with Crippen molar-refractivity contribution in [3.63, 3.8) is 0 Å². The van der Waals surface area contributed by atoms with E-state index < -0.39 is 5.97 Å². The van der Waals surface area contributed by atoms with Crippen LogP contribution in [0.1, 0.15) is 28.4 Å². The second-order valence-electron chi connectivity index (χ2n) is 3.90. The molecule has 0 unspecified atom stereocenters. The topological polar surface area (TPSA) is 72.6 Å². The van der Waals surface area contributed by atoms with Gasteiger partial charge in [-0.2, -0.15) is 0 Å². The number of benzene rings is 1. The van der Waals surface area contributed by atoms with E-state index in [1.165, 1.54) is 0 Å². The summed E-state index contributed by atoms with van der Waals surface area (Å²) in [5.74, 6) is -0.649. The fourth-order valence-electron chi connectivity index (χ4n) is 1.93. The van der Waals surface area contributed by atoms with E-state index in [1.54, 1.807) is 6.07 Å². The van der Waals surface area contributed by atoms with Gasteiger partial charge >= 0.3 is 5.97 Å². The van der Waals surface area contributed by atoms with Crippen LogP contribution in [-0.2, 0) is 11.2 Å². The minimum absolute atomic E-state index is 0.147. The van der Waals surface area contributed by atoms with E-state index in [2.05, 4.69) is 0 Å². The highest BCUT2D eigenvalue weighted by Gasteiger charge is 2.29. The number of carbonyl (C=O) groups excluding carboxylic acids is 1. The van der Waals surface area contributed by atoms with Crippen LogP contribution in [0.4, 0.5) is 5.69 Å². The maximum absolute atomic E-state index is 11.6. The molecule has 0 spiro atoms. The van der Waals surface area contributed by atoms with Gasteiger partial charge < -0.3 is 15.6 Å². The first kappa shape index (κ1) is 9.83. The van der Waals surface area contributed by atoms with Gasteiger partial charge in [0, 0.05) is 6.42 Å². The number of rotatable bonds is 0. The van der Waals surface area contributed by atoms with E-state index in [1.807, 2.05) is 13.8 Å². The third-order valence-corrected chi connectivity index (χ3v) is 2.66. The van der Waals surface area contributed by atoms with Gasteiger partial charge in [0.05, 0.1) is 5.69 Å². The highest BCUT2D eigenvalue weighted by atomic mass is 16.5. The van der Waals surface area contributed by atoms with Crippen molar-refractivity contribution in [1.29, 1.82) is 0 Å². The maximum Gasteiger partial charge on any atom is 0.342 e. The number of ether oxygens (including phenoxy) is 1.